The summed E-state index contributed by atoms with van der Waals surface area (Å²) in [4.78, 5) is 0. The quantitative estimate of drug-likeness (QED) is 0.769. The summed E-state index contributed by atoms with van der Waals surface area (Å²) in [5.74, 6) is 0.774. The first-order valence-electron chi connectivity index (χ1n) is 5.45. The van der Waals surface area contributed by atoms with Crippen LogP contribution in [0.2, 0.25) is 10.2 Å². The van der Waals surface area contributed by atoms with Crippen molar-refractivity contribution < 1.29 is 0 Å². The van der Waals surface area contributed by atoms with Gasteiger partial charge in [-0.05, 0) is 36.6 Å². The number of hydrogen-bond acceptors (Lipinski definition) is 3. The Balaban J connectivity index is 2.17. The monoisotopic (exact) mass is 298 g/mol. The van der Waals surface area contributed by atoms with Crippen molar-refractivity contribution >= 4 is 35.0 Å². The Hall–Kier alpha value is -0.770. The van der Waals surface area contributed by atoms with E-state index >= 15 is 0 Å². The molecule has 18 heavy (non-hydrogen) atoms. The van der Waals surface area contributed by atoms with Crippen molar-refractivity contribution in [1.29, 1.82) is 0 Å². The summed E-state index contributed by atoms with van der Waals surface area (Å²) in [5, 5.41) is 10.2. The number of thioether (sulfide) groups is 1. The van der Waals surface area contributed by atoms with E-state index < -0.39 is 0 Å². The van der Waals surface area contributed by atoms with Crippen LogP contribution in [0.3, 0.4) is 0 Å². The van der Waals surface area contributed by atoms with E-state index in [0.29, 0.717) is 5.15 Å². The molecule has 0 spiro atoms. The highest BCUT2D eigenvalue weighted by atomic mass is 35.5. The second-order valence-corrected chi connectivity index (χ2v) is 5.66. The van der Waals surface area contributed by atoms with E-state index in [-0.39, 0.29) is 0 Å². The van der Waals surface area contributed by atoms with Gasteiger partial charge in [0.05, 0.1) is 0 Å². The van der Waals surface area contributed by atoms with E-state index in [1.165, 1.54) is 0 Å². The number of rotatable bonds is 3. The first-order valence-corrected chi connectivity index (χ1v) is 7.19. The summed E-state index contributed by atoms with van der Waals surface area (Å²) >= 11 is 13.7. The third kappa shape index (κ3) is 2.97. The molecule has 0 fully saturated rings. The molecule has 1 aromatic heterocycles. The van der Waals surface area contributed by atoms with Crippen LogP contribution in [0.1, 0.15) is 16.7 Å². The standard InChI is InChI=1S/C13H12Cl2N2S/c1-8-9(2)13(17-16-12(8)15)18-7-10-5-3-4-6-11(10)14/h3-6H,7H2,1-2H3. The van der Waals surface area contributed by atoms with Crippen LogP contribution in [-0.2, 0) is 5.75 Å². The number of halogens is 2. The molecule has 0 radical (unpaired) electrons. The van der Waals surface area contributed by atoms with E-state index in [1.54, 1.807) is 11.8 Å². The van der Waals surface area contributed by atoms with Gasteiger partial charge in [-0.2, -0.15) is 0 Å². The number of aromatic nitrogens is 2. The molecule has 5 heteroatoms. The normalized spacial score (nSPS) is 10.7. The van der Waals surface area contributed by atoms with Crippen LogP contribution >= 0.6 is 35.0 Å². The number of hydrogen-bond donors (Lipinski definition) is 0. The Morgan fingerprint density at radius 1 is 1.06 bits per heavy atom. The molecule has 2 nitrogen and oxygen atoms in total. The van der Waals surface area contributed by atoms with Gasteiger partial charge >= 0.3 is 0 Å². The van der Waals surface area contributed by atoms with Crippen molar-refractivity contribution in [3.8, 4) is 0 Å². The molecule has 0 saturated heterocycles. The minimum atomic E-state index is 0.467. The fourth-order valence-electron chi connectivity index (χ4n) is 1.45. The lowest BCUT2D eigenvalue weighted by molar-refractivity contribution is 0.891. The molecule has 1 heterocycles. The molecule has 0 aliphatic heterocycles. The molecule has 0 bridgehead atoms. The fourth-order valence-corrected chi connectivity index (χ4v) is 2.93. The lowest BCUT2D eigenvalue weighted by Gasteiger charge is -2.08. The largest absolute Gasteiger partial charge is 0.154 e. The van der Waals surface area contributed by atoms with Gasteiger partial charge < -0.3 is 0 Å². The Morgan fingerprint density at radius 3 is 2.50 bits per heavy atom. The van der Waals surface area contributed by atoms with Crippen LogP contribution in [-0.4, -0.2) is 10.2 Å². The van der Waals surface area contributed by atoms with Crippen LogP contribution < -0.4 is 0 Å². The minimum absolute atomic E-state index is 0.467. The predicted octanol–water partition coefficient (Wildman–Crippen LogP) is 4.69. The average Bonchev–Trinajstić information content (AvgIpc) is 2.37. The van der Waals surface area contributed by atoms with Crippen molar-refractivity contribution in [2.45, 2.75) is 24.6 Å². The zero-order valence-corrected chi connectivity index (χ0v) is 12.4. The molecule has 0 aliphatic rings. The second-order valence-electron chi connectivity index (χ2n) is 3.93. The predicted molar refractivity (Wildman–Crippen MR) is 77.5 cm³/mol. The summed E-state index contributed by atoms with van der Waals surface area (Å²) in [6.07, 6.45) is 0. The van der Waals surface area contributed by atoms with E-state index in [0.717, 1.165) is 32.5 Å². The molecule has 0 aliphatic carbocycles. The molecule has 2 aromatic rings. The SMILES string of the molecule is Cc1c(Cl)nnc(SCc2ccccc2Cl)c1C. The topological polar surface area (TPSA) is 25.8 Å². The summed E-state index contributed by atoms with van der Waals surface area (Å²) in [6, 6.07) is 7.81. The highest BCUT2D eigenvalue weighted by molar-refractivity contribution is 7.98. The van der Waals surface area contributed by atoms with Gasteiger partial charge in [-0.25, -0.2) is 0 Å². The van der Waals surface area contributed by atoms with Crippen LogP contribution in [0.5, 0.6) is 0 Å². The Kier molecular flexibility index (Phi) is 4.49. The molecule has 0 saturated carbocycles. The first-order chi connectivity index (χ1) is 8.59. The van der Waals surface area contributed by atoms with E-state index in [4.69, 9.17) is 23.2 Å². The molecule has 0 amide bonds. The zero-order chi connectivity index (χ0) is 13.1. The van der Waals surface area contributed by atoms with Gasteiger partial charge in [0.25, 0.3) is 0 Å². The van der Waals surface area contributed by atoms with Gasteiger partial charge in [0.15, 0.2) is 5.15 Å². The smallest absolute Gasteiger partial charge is 0.142 e. The number of nitrogens with zero attached hydrogens (tertiary/aromatic N) is 2. The maximum Gasteiger partial charge on any atom is 0.154 e. The van der Waals surface area contributed by atoms with Crippen molar-refractivity contribution in [2.75, 3.05) is 0 Å². The molecular formula is C13H12Cl2N2S. The fraction of sp³-hybridized carbons (Fsp3) is 0.231. The first kappa shape index (κ1) is 13.7. The van der Waals surface area contributed by atoms with Crippen LogP contribution in [0.25, 0.3) is 0 Å². The highest BCUT2D eigenvalue weighted by Crippen LogP contribution is 2.29. The molecule has 0 unspecified atom stereocenters. The maximum atomic E-state index is 6.12. The molecule has 0 N–H and O–H groups in total. The molecular weight excluding hydrogens is 287 g/mol. The van der Waals surface area contributed by atoms with E-state index in [1.807, 2.05) is 38.1 Å². The lowest BCUT2D eigenvalue weighted by Crippen LogP contribution is -1.95. The lowest BCUT2D eigenvalue weighted by atomic mass is 10.2. The van der Waals surface area contributed by atoms with Gasteiger partial charge in [0.2, 0.25) is 0 Å². The highest BCUT2D eigenvalue weighted by Gasteiger charge is 2.09. The third-order valence-electron chi connectivity index (χ3n) is 2.74. The van der Waals surface area contributed by atoms with Gasteiger partial charge in [0, 0.05) is 10.8 Å². The third-order valence-corrected chi connectivity index (χ3v) is 4.59. The van der Waals surface area contributed by atoms with Crippen LogP contribution in [0, 0.1) is 13.8 Å². The summed E-state index contributed by atoms with van der Waals surface area (Å²) in [7, 11) is 0. The summed E-state index contributed by atoms with van der Waals surface area (Å²) in [6.45, 7) is 3.96. The summed E-state index contributed by atoms with van der Waals surface area (Å²) in [5.41, 5.74) is 3.15. The van der Waals surface area contributed by atoms with Gasteiger partial charge in [-0.15, -0.1) is 10.2 Å². The number of benzene rings is 1. The summed E-state index contributed by atoms with van der Waals surface area (Å²) < 4.78 is 0. The Bertz CT molecular complexity index is 573. The second kappa shape index (κ2) is 5.91. The Labute approximate surface area is 121 Å². The Morgan fingerprint density at radius 2 is 1.78 bits per heavy atom. The van der Waals surface area contributed by atoms with Gasteiger partial charge in [-0.1, -0.05) is 53.2 Å². The average molecular weight is 299 g/mol. The van der Waals surface area contributed by atoms with Gasteiger partial charge in [0.1, 0.15) is 5.03 Å². The minimum Gasteiger partial charge on any atom is -0.142 e. The molecule has 2 rings (SSSR count). The van der Waals surface area contributed by atoms with Crippen LogP contribution in [0.4, 0.5) is 0 Å². The van der Waals surface area contributed by atoms with E-state index in [9.17, 15) is 0 Å². The van der Waals surface area contributed by atoms with Crippen molar-refractivity contribution in [3.05, 3.63) is 51.1 Å². The molecule has 1 aromatic carbocycles. The molecule has 0 atom stereocenters. The van der Waals surface area contributed by atoms with E-state index in [2.05, 4.69) is 10.2 Å². The van der Waals surface area contributed by atoms with Crippen LogP contribution in [0.15, 0.2) is 29.3 Å². The van der Waals surface area contributed by atoms with Crippen molar-refractivity contribution in [3.63, 3.8) is 0 Å². The molecule has 94 valence electrons. The maximum absolute atomic E-state index is 6.12. The zero-order valence-electron chi connectivity index (χ0n) is 10.1. The van der Waals surface area contributed by atoms with Gasteiger partial charge in [-0.3, -0.25) is 0 Å². The van der Waals surface area contributed by atoms with Crippen molar-refractivity contribution in [2.24, 2.45) is 0 Å². The van der Waals surface area contributed by atoms with Crippen molar-refractivity contribution in [1.82, 2.24) is 10.2 Å².